The predicted octanol–water partition coefficient (Wildman–Crippen LogP) is 2.52. The van der Waals surface area contributed by atoms with Crippen molar-refractivity contribution in [2.45, 2.75) is 31.4 Å². The van der Waals surface area contributed by atoms with Gasteiger partial charge in [-0.25, -0.2) is 0 Å². The molecule has 1 heterocycles. The van der Waals surface area contributed by atoms with Gasteiger partial charge in [0.25, 0.3) is 0 Å². The molecule has 2 N–H and O–H groups in total. The Balaban J connectivity index is 2.00. The van der Waals surface area contributed by atoms with Crippen LogP contribution in [0.3, 0.4) is 0 Å². The highest BCUT2D eigenvalue weighted by atomic mass is 35.5. The van der Waals surface area contributed by atoms with E-state index < -0.39 is 6.10 Å². The average Bonchev–Trinajstić information content (AvgIpc) is 2.71. The molecule has 1 aliphatic heterocycles. The van der Waals surface area contributed by atoms with Crippen molar-refractivity contribution in [2.24, 2.45) is 0 Å². The molecule has 0 amide bonds. The molecule has 82 valence electrons. The molecule has 1 aromatic carbocycles. The number of aliphatic hydroxyl groups excluding tert-OH is 1. The molecular weight excluding hydrogens is 210 g/mol. The minimum atomic E-state index is -0.450. The molecule has 0 aromatic heterocycles. The second kappa shape index (κ2) is 4.97. The van der Waals surface area contributed by atoms with Gasteiger partial charge in [-0.3, -0.25) is 0 Å². The third kappa shape index (κ3) is 2.71. The van der Waals surface area contributed by atoms with Gasteiger partial charge in [-0.1, -0.05) is 29.8 Å². The van der Waals surface area contributed by atoms with Crippen LogP contribution in [0.5, 0.6) is 0 Å². The first kappa shape index (κ1) is 10.9. The summed E-state index contributed by atoms with van der Waals surface area (Å²) in [5, 5.41) is 14.1. The molecular formula is C12H16ClNO. The molecule has 3 heteroatoms. The molecule has 1 saturated heterocycles. The van der Waals surface area contributed by atoms with Crippen LogP contribution in [-0.4, -0.2) is 17.7 Å². The number of halogens is 1. The Morgan fingerprint density at radius 3 is 2.93 bits per heavy atom. The second-order valence-electron chi connectivity index (χ2n) is 4.07. The molecule has 2 rings (SSSR count). The van der Waals surface area contributed by atoms with Crippen molar-refractivity contribution in [3.05, 3.63) is 34.9 Å². The predicted molar refractivity (Wildman–Crippen MR) is 62.1 cm³/mol. The highest BCUT2D eigenvalue weighted by Crippen LogP contribution is 2.27. The lowest BCUT2D eigenvalue weighted by Crippen LogP contribution is -2.23. The highest BCUT2D eigenvalue weighted by molar-refractivity contribution is 6.31. The summed E-state index contributed by atoms with van der Waals surface area (Å²) in [6, 6.07) is 7.94. The Labute approximate surface area is 95.3 Å². The van der Waals surface area contributed by atoms with E-state index in [1.54, 1.807) is 0 Å². The molecule has 1 aromatic rings. The summed E-state index contributed by atoms with van der Waals surface area (Å²) in [5.41, 5.74) is 0.841. The molecule has 0 aliphatic carbocycles. The number of benzene rings is 1. The van der Waals surface area contributed by atoms with Gasteiger partial charge in [-0.15, -0.1) is 0 Å². The van der Waals surface area contributed by atoms with E-state index in [1.165, 1.54) is 6.42 Å². The van der Waals surface area contributed by atoms with Crippen molar-refractivity contribution in [3.8, 4) is 0 Å². The zero-order chi connectivity index (χ0) is 10.7. The molecule has 0 saturated carbocycles. The minimum Gasteiger partial charge on any atom is -0.388 e. The second-order valence-corrected chi connectivity index (χ2v) is 4.47. The van der Waals surface area contributed by atoms with E-state index in [-0.39, 0.29) is 0 Å². The van der Waals surface area contributed by atoms with Crippen LogP contribution >= 0.6 is 11.6 Å². The van der Waals surface area contributed by atoms with Crippen molar-refractivity contribution in [3.63, 3.8) is 0 Å². The van der Waals surface area contributed by atoms with Crippen molar-refractivity contribution >= 4 is 11.6 Å². The molecule has 2 unspecified atom stereocenters. The third-order valence-electron chi connectivity index (χ3n) is 2.93. The average molecular weight is 226 g/mol. The maximum atomic E-state index is 10.0. The van der Waals surface area contributed by atoms with Crippen molar-refractivity contribution in [1.82, 2.24) is 5.32 Å². The van der Waals surface area contributed by atoms with Crippen LogP contribution in [0.15, 0.2) is 24.3 Å². The van der Waals surface area contributed by atoms with Crippen LogP contribution in [0.1, 0.15) is 30.9 Å². The Bertz CT molecular complexity index is 323. The lowest BCUT2D eigenvalue weighted by molar-refractivity contribution is 0.155. The Kier molecular flexibility index (Phi) is 3.62. The van der Waals surface area contributed by atoms with Gasteiger partial charge < -0.3 is 10.4 Å². The first-order chi connectivity index (χ1) is 7.27. The fraction of sp³-hybridized carbons (Fsp3) is 0.500. The summed E-state index contributed by atoms with van der Waals surface area (Å²) >= 11 is 6.02. The first-order valence-electron chi connectivity index (χ1n) is 5.43. The number of nitrogens with one attached hydrogen (secondary N) is 1. The number of hydrogen-bond donors (Lipinski definition) is 2. The van der Waals surface area contributed by atoms with E-state index in [1.807, 2.05) is 24.3 Å². The maximum Gasteiger partial charge on any atom is 0.0819 e. The molecule has 0 spiro atoms. The van der Waals surface area contributed by atoms with Gasteiger partial charge in [-0.2, -0.15) is 0 Å². The van der Waals surface area contributed by atoms with Gasteiger partial charge in [0.05, 0.1) is 6.10 Å². The highest BCUT2D eigenvalue weighted by Gasteiger charge is 2.20. The standard InChI is InChI=1S/C12H16ClNO/c13-11-6-2-1-5-10(11)12(15)8-9-4-3-7-14-9/h1-2,5-6,9,12,14-15H,3-4,7-8H2. The molecule has 0 radical (unpaired) electrons. The Morgan fingerprint density at radius 2 is 2.27 bits per heavy atom. The van der Waals surface area contributed by atoms with Gasteiger partial charge in [0.1, 0.15) is 0 Å². The fourth-order valence-electron chi connectivity index (χ4n) is 2.10. The zero-order valence-electron chi connectivity index (χ0n) is 8.62. The smallest absolute Gasteiger partial charge is 0.0819 e. The van der Waals surface area contributed by atoms with Crippen LogP contribution in [0.2, 0.25) is 5.02 Å². The summed E-state index contributed by atoms with van der Waals surface area (Å²) < 4.78 is 0. The van der Waals surface area contributed by atoms with Crippen LogP contribution in [-0.2, 0) is 0 Å². The monoisotopic (exact) mass is 225 g/mol. The Morgan fingerprint density at radius 1 is 1.47 bits per heavy atom. The van der Waals surface area contributed by atoms with E-state index in [9.17, 15) is 5.11 Å². The Hall–Kier alpha value is -0.570. The maximum absolute atomic E-state index is 10.0. The van der Waals surface area contributed by atoms with Crippen molar-refractivity contribution in [1.29, 1.82) is 0 Å². The molecule has 2 nitrogen and oxygen atoms in total. The molecule has 15 heavy (non-hydrogen) atoms. The lowest BCUT2D eigenvalue weighted by Gasteiger charge is -2.17. The topological polar surface area (TPSA) is 32.3 Å². The lowest BCUT2D eigenvalue weighted by atomic mass is 10.0. The number of aliphatic hydroxyl groups is 1. The van der Waals surface area contributed by atoms with Gasteiger partial charge in [0.2, 0.25) is 0 Å². The largest absolute Gasteiger partial charge is 0.388 e. The molecule has 1 fully saturated rings. The van der Waals surface area contributed by atoms with E-state index in [2.05, 4.69) is 5.32 Å². The van der Waals surface area contributed by atoms with E-state index in [0.717, 1.165) is 24.9 Å². The first-order valence-corrected chi connectivity index (χ1v) is 5.81. The molecule has 1 aliphatic rings. The minimum absolute atomic E-state index is 0.441. The number of hydrogen-bond acceptors (Lipinski definition) is 2. The van der Waals surface area contributed by atoms with Gasteiger partial charge in [0, 0.05) is 11.1 Å². The van der Waals surface area contributed by atoms with Crippen LogP contribution in [0.25, 0.3) is 0 Å². The SMILES string of the molecule is OC(CC1CCCN1)c1ccccc1Cl. The van der Waals surface area contributed by atoms with Gasteiger partial charge >= 0.3 is 0 Å². The summed E-state index contributed by atoms with van der Waals surface area (Å²) in [6.07, 6.45) is 2.67. The van der Waals surface area contributed by atoms with Gasteiger partial charge in [-0.05, 0) is 37.4 Å². The van der Waals surface area contributed by atoms with E-state index in [4.69, 9.17) is 11.6 Å². The van der Waals surface area contributed by atoms with Gasteiger partial charge in [0.15, 0.2) is 0 Å². The van der Waals surface area contributed by atoms with Crippen molar-refractivity contribution < 1.29 is 5.11 Å². The van der Waals surface area contributed by atoms with Crippen LogP contribution < -0.4 is 5.32 Å². The fourth-order valence-corrected chi connectivity index (χ4v) is 2.36. The zero-order valence-corrected chi connectivity index (χ0v) is 9.37. The summed E-state index contributed by atoms with van der Waals surface area (Å²) in [4.78, 5) is 0. The quantitative estimate of drug-likeness (QED) is 0.829. The summed E-state index contributed by atoms with van der Waals surface area (Å²) in [7, 11) is 0. The summed E-state index contributed by atoms with van der Waals surface area (Å²) in [5.74, 6) is 0. The normalized spacial score (nSPS) is 22.9. The molecule has 2 atom stereocenters. The van der Waals surface area contributed by atoms with Crippen LogP contribution in [0, 0.1) is 0 Å². The van der Waals surface area contributed by atoms with Crippen LogP contribution in [0.4, 0.5) is 0 Å². The molecule has 0 bridgehead atoms. The number of rotatable bonds is 3. The van der Waals surface area contributed by atoms with Crippen molar-refractivity contribution in [2.75, 3.05) is 6.54 Å². The van der Waals surface area contributed by atoms with E-state index in [0.29, 0.717) is 11.1 Å². The van der Waals surface area contributed by atoms with E-state index >= 15 is 0 Å². The third-order valence-corrected chi connectivity index (χ3v) is 3.28. The summed E-state index contributed by atoms with van der Waals surface area (Å²) in [6.45, 7) is 1.07.